The van der Waals surface area contributed by atoms with Crippen LogP contribution in [0.4, 0.5) is 0 Å². The SMILES string of the molecule is CCC(CC)CC1(O)CC(C)CCC1C(C)C. The van der Waals surface area contributed by atoms with Crippen LogP contribution in [0.25, 0.3) is 0 Å². The molecule has 1 N–H and O–H groups in total. The van der Waals surface area contributed by atoms with E-state index in [1.165, 1.54) is 25.7 Å². The van der Waals surface area contributed by atoms with Crippen molar-refractivity contribution in [2.24, 2.45) is 23.7 Å². The fourth-order valence-corrected chi connectivity index (χ4v) is 3.86. The van der Waals surface area contributed by atoms with Crippen LogP contribution < -0.4 is 0 Å². The summed E-state index contributed by atoms with van der Waals surface area (Å²) < 4.78 is 0. The van der Waals surface area contributed by atoms with Crippen LogP contribution in [0.3, 0.4) is 0 Å². The summed E-state index contributed by atoms with van der Waals surface area (Å²) in [6, 6.07) is 0. The Hall–Kier alpha value is -0.0400. The van der Waals surface area contributed by atoms with Gasteiger partial charge in [-0.3, -0.25) is 0 Å². The molecule has 3 unspecified atom stereocenters. The zero-order valence-electron chi connectivity index (χ0n) is 12.5. The van der Waals surface area contributed by atoms with Gasteiger partial charge in [0.1, 0.15) is 0 Å². The lowest BCUT2D eigenvalue weighted by atomic mass is 9.64. The van der Waals surface area contributed by atoms with Crippen LogP contribution in [0, 0.1) is 23.7 Å². The minimum atomic E-state index is -0.386. The van der Waals surface area contributed by atoms with E-state index in [4.69, 9.17) is 0 Å². The zero-order valence-corrected chi connectivity index (χ0v) is 12.5. The summed E-state index contributed by atoms with van der Waals surface area (Å²) >= 11 is 0. The van der Waals surface area contributed by atoms with Crippen LogP contribution in [-0.4, -0.2) is 10.7 Å². The molecule has 1 aliphatic carbocycles. The van der Waals surface area contributed by atoms with Crippen molar-refractivity contribution < 1.29 is 5.11 Å². The third kappa shape index (κ3) is 3.71. The Morgan fingerprint density at radius 3 is 2.24 bits per heavy atom. The molecular weight excluding hydrogens is 208 g/mol. The van der Waals surface area contributed by atoms with Crippen LogP contribution in [0.2, 0.25) is 0 Å². The molecule has 1 heteroatoms. The molecule has 0 bridgehead atoms. The van der Waals surface area contributed by atoms with E-state index in [0.29, 0.717) is 23.7 Å². The molecule has 1 aliphatic rings. The average molecular weight is 240 g/mol. The molecule has 0 aromatic heterocycles. The molecule has 102 valence electrons. The van der Waals surface area contributed by atoms with E-state index in [9.17, 15) is 5.11 Å². The Balaban J connectivity index is 2.77. The van der Waals surface area contributed by atoms with Crippen LogP contribution >= 0.6 is 0 Å². The van der Waals surface area contributed by atoms with Gasteiger partial charge in [-0.2, -0.15) is 0 Å². The van der Waals surface area contributed by atoms with E-state index < -0.39 is 0 Å². The molecule has 0 radical (unpaired) electrons. The zero-order chi connectivity index (χ0) is 13.1. The first-order chi connectivity index (χ1) is 7.92. The first-order valence-electron chi connectivity index (χ1n) is 7.65. The highest BCUT2D eigenvalue weighted by Gasteiger charge is 2.43. The smallest absolute Gasteiger partial charge is 0.0683 e. The molecule has 3 atom stereocenters. The molecule has 1 rings (SSSR count). The Kier molecular flexibility index (Phi) is 5.50. The summed E-state index contributed by atoms with van der Waals surface area (Å²) in [5, 5.41) is 11.1. The molecular formula is C16H32O. The molecule has 0 saturated heterocycles. The summed E-state index contributed by atoms with van der Waals surface area (Å²) in [5.41, 5.74) is -0.386. The lowest BCUT2D eigenvalue weighted by Crippen LogP contribution is -2.46. The van der Waals surface area contributed by atoms with Crippen LogP contribution in [0.5, 0.6) is 0 Å². The second kappa shape index (κ2) is 6.22. The lowest BCUT2D eigenvalue weighted by molar-refractivity contribution is -0.0959. The summed E-state index contributed by atoms with van der Waals surface area (Å²) in [4.78, 5) is 0. The molecule has 17 heavy (non-hydrogen) atoms. The van der Waals surface area contributed by atoms with Gasteiger partial charge in [0.2, 0.25) is 0 Å². The maximum atomic E-state index is 11.1. The molecule has 0 aromatic rings. The summed E-state index contributed by atoms with van der Waals surface area (Å²) in [7, 11) is 0. The Labute approximate surface area is 108 Å². The second-order valence-electron chi connectivity index (χ2n) is 6.73. The first kappa shape index (κ1) is 15.0. The monoisotopic (exact) mass is 240 g/mol. The Morgan fingerprint density at radius 1 is 1.18 bits per heavy atom. The molecule has 0 amide bonds. The molecule has 0 aromatic carbocycles. The topological polar surface area (TPSA) is 20.2 Å². The third-order valence-electron chi connectivity index (χ3n) is 4.96. The number of hydrogen-bond acceptors (Lipinski definition) is 1. The van der Waals surface area contributed by atoms with Crippen molar-refractivity contribution >= 4 is 0 Å². The van der Waals surface area contributed by atoms with Gasteiger partial charge in [0.05, 0.1) is 5.60 Å². The molecule has 1 fully saturated rings. The van der Waals surface area contributed by atoms with Crippen molar-refractivity contribution in [3.8, 4) is 0 Å². The van der Waals surface area contributed by atoms with E-state index in [1.807, 2.05) is 0 Å². The van der Waals surface area contributed by atoms with E-state index >= 15 is 0 Å². The molecule has 0 heterocycles. The van der Waals surface area contributed by atoms with Gasteiger partial charge >= 0.3 is 0 Å². The van der Waals surface area contributed by atoms with Crippen LogP contribution in [0.1, 0.15) is 73.1 Å². The maximum Gasteiger partial charge on any atom is 0.0683 e. The summed E-state index contributed by atoms with van der Waals surface area (Å²) in [6.45, 7) is 11.4. The highest BCUT2D eigenvalue weighted by Crippen LogP contribution is 2.45. The molecule has 1 saturated carbocycles. The Morgan fingerprint density at radius 2 is 1.76 bits per heavy atom. The Bertz CT molecular complexity index is 220. The fraction of sp³-hybridized carbons (Fsp3) is 1.00. The number of rotatable bonds is 5. The van der Waals surface area contributed by atoms with Gasteiger partial charge in [-0.1, -0.05) is 53.9 Å². The van der Waals surface area contributed by atoms with Crippen molar-refractivity contribution in [3.05, 3.63) is 0 Å². The quantitative estimate of drug-likeness (QED) is 0.742. The summed E-state index contributed by atoms with van der Waals surface area (Å²) in [6.07, 6.45) is 6.97. The van der Waals surface area contributed by atoms with E-state index in [-0.39, 0.29) is 5.60 Å². The predicted octanol–water partition coefficient (Wildman–Crippen LogP) is 4.64. The molecule has 0 spiro atoms. The maximum absolute atomic E-state index is 11.1. The predicted molar refractivity (Wildman–Crippen MR) is 75.0 cm³/mol. The standard InChI is InChI=1S/C16H32O/c1-6-14(7-2)11-16(17)10-13(5)8-9-15(16)12(3)4/h12-15,17H,6-11H2,1-5H3. The van der Waals surface area contributed by atoms with Gasteiger partial charge in [0.15, 0.2) is 0 Å². The average Bonchev–Trinajstić information content (AvgIpc) is 2.25. The van der Waals surface area contributed by atoms with E-state index in [1.54, 1.807) is 0 Å². The van der Waals surface area contributed by atoms with Gasteiger partial charge in [0, 0.05) is 0 Å². The minimum Gasteiger partial charge on any atom is -0.390 e. The van der Waals surface area contributed by atoms with Crippen molar-refractivity contribution in [1.29, 1.82) is 0 Å². The number of hydrogen-bond donors (Lipinski definition) is 1. The van der Waals surface area contributed by atoms with Crippen molar-refractivity contribution in [2.75, 3.05) is 0 Å². The van der Waals surface area contributed by atoms with Crippen molar-refractivity contribution in [3.63, 3.8) is 0 Å². The van der Waals surface area contributed by atoms with Crippen LogP contribution in [0.15, 0.2) is 0 Å². The van der Waals surface area contributed by atoms with Gasteiger partial charge in [-0.25, -0.2) is 0 Å². The van der Waals surface area contributed by atoms with Crippen LogP contribution in [-0.2, 0) is 0 Å². The third-order valence-corrected chi connectivity index (χ3v) is 4.96. The fourth-order valence-electron chi connectivity index (χ4n) is 3.86. The highest BCUT2D eigenvalue weighted by atomic mass is 16.3. The number of aliphatic hydroxyl groups is 1. The van der Waals surface area contributed by atoms with E-state index in [0.717, 1.165) is 12.8 Å². The molecule has 0 aliphatic heterocycles. The highest BCUT2D eigenvalue weighted by molar-refractivity contribution is 4.94. The van der Waals surface area contributed by atoms with Gasteiger partial charge < -0.3 is 5.11 Å². The van der Waals surface area contributed by atoms with Gasteiger partial charge in [-0.05, 0) is 42.9 Å². The van der Waals surface area contributed by atoms with Gasteiger partial charge in [-0.15, -0.1) is 0 Å². The normalized spacial score (nSPS) is 34.6. The first-order valence-corrected chi connectivity index (χ1v) is 7.65. The largest absolute Gasteiger partial charge is 0.390 e. The second-order valence-corrected chi connectivity index (χ2v) is 6.73. The van der Waals surface area contributed by atoms with Gasteiger partial charge in [0.25, 0.3) is 0 Å². The minimum absolute atomic E-state index is 0.386. The van der Waals surface area contributed by atoms with Crippen molar-refractivity contribution in [1.82, 2.24) is 0 Å². The summed E-state index contributed by atoms with van der Waals surface area (Å²) in [5.74, 6) is 2.53. The molecule has 1 nitrogen and oxygen atoms in total. The van der Waals surface area contributed by atoms with E-state index in [2.05, 4.69) is 34.6 Å². The lowest BCUT2D eigenvalue weighted by Gasteiger charge is -2.46. The van der Waals surface area contributed by atoms with Crippen molar-refractivity contribution in [2.45, 2.75) is 78.7 Å².